The number of nitrogens with one attached hydrogen (secondary N) is 2. The van der Waals surface area contributed by atoms with Gasteiger partial charge in [-0.1, -0.05) is 30.3 Å². The van der Waals surface area contributed by atoms with Gasteiger partial charge in [-0.2, -0.15) is 0 Å². The van der Waals surface area contributed by atoms with Crippen molar-refractivity contribution in [3.63, 3.8) is 0 Å². The van der Waals surface area contributed by atoms with Crippen molar-refractivity contribution >= 4 is 29.2 Å². The fourth-order valence-electron chi connectivity index (χ4n) is 2.18. The van der Waals surface area contributed by atoms with Crippen LogP contribution in [0, 0.1) is 17.0 Å². The molecule has 0 aliphatic carbocycles. The van der Waals surface area contributed by atoms with Crippen molar-refractivity contribution in [3.8, 4) is 0 Å². The van der Waals surface area contributed by atoms with Gasteiger partial charge in [0.2, 0.25) is 0 Å². The zero-order chi connectivity index (χ0) is 19.8. The molecule has 2 aromatic carbocycles. The molecule has 2 aromatic rings. The number of hydrogen-bond acceptors (Lipinski definition) is 6. The van der Waals surface area contributed by atoms with Crippen molar-refractivity contribution in [3.05, 3.63) is 69.8 Å². The molecule has 0 heterocycles. The molecule has 0 unspecified atom stereocenters. The molecule has 0 bridgehead atoms. The summed E-state index contributed by atoms with van der Waals surface area (Å²) < 4.78 is 4.77. The molecular weight excluding hydrogens is 354 g/mol. The van der Waals surface area contributed by atoms with E-state index in [1.807, 2.05) is 0 Å². The first kappa shape index (κ1) is 19.6. The van der Waals surface area contributed by atoms with Gasteiger partial charge in [0, 0.05) is 11.6 Å². The SMILES string of the molecule is Cc1cccc([N+](=O)[O-])c1NC(=O)COC(=O)CNC(=O)c1ccccc1. The number of rotatable bonds is 7. The molecule has 0 aliphatic heterocycles. The van der Waals surface area contributed by atoms with Crippen molar-refractivity contribution in [2.24, 2.45) is 0 Å². The third-order valence-electron chi connectivity index (χ3n) is 3.51. The Morgan fingerprint density at radius 3 is 2.44 bits per heavy atom. The zero-order valence-corrected chi connectivity index (χ0v) is 14.4. The summed E-state index contributed by atoms with van der Waals surface area (Å²) >= 11 is 0. The third kappa shape index (κ3) is 5.63. The van der Waals surface area contributed by atoms with Gasteiger partial charge in [-0.15, -0.1) is 0 Å². The van der Waals surface area contributed by atoms with E-state index in [0.717, 1.165) is 0 Å². The number of esters is 1. The molecule has 27 heavy (non-hydrogen) atoms. The van der Waals surface area contributed by atoms with E-state index >= 15 is 0 Å². The van der Waals surface area contributed by atoms with Crippen molar-refractivity contribution in [2.45, 2.75) is 6.92 Å². The predicted molar refractivity (Wildman–Crippen MR) is 96.2 cm³/mol. The summed E-state index contributed by atoms with van der Waals surface area (Å²) in [7, 11) is 0. The van der Waals surface area contributed by atoms with E-state index in [9.17, 15) is 24.5 Å². The standard InChI is InChI=1S/C18H17N3O6/c1-12-6-5-9-14(21(25)26)17(12)20-15(22)11-27-16(23)10-19-18(24)13-7-3-2-4-8-13/h2-9H,10-11H2,1H3,(H,19,24)(H,20,22). The van der Waals surface area contributed by atoms with Crippen molar-refractivity contribution in [1.29, 1.82) is 0 Å². The Morgan fingerprint density at radius 1 is 1.07 bits per heavy atom. The maximum atomic E-state index is 11.9. The Kier molecular flexibility index (Phi) is 6.59. The van der Waals surface area contributed by atoms with Crippen molar-refractivity contribution in [1.82, 2.24) is 5.32 Å². The number of nitro benzene ring substituents is 1. The van der Waals surface area contributed by atoms with E-state index in [1.165, 1.54) is 12.1 Å². The average Bonchev–Trinajstić information content (AvgIpc) is 2.66. The molecule has 0 atom stereocenters. The van der Waals surface area contributed by atoms with Gasteiger partial charge >= 0.3 is 5.97 Å². The number of aryl methyl sites for hydroxylation is 1. The Labute approximate surface area is 154 Å². The second-order valence-electron chi connectivity index (χ2n) is 5.48. The van der Waals surface area contributed by atoms with Gasteiger partial charge in [0.15, 0.2) is 6.61 Å². The van der Waals surface area contributed by atoms with Gasteiger partial charge in [0.05, 0.1) is 4.92 Å². The van der Waals surface area contributed by atoms with Crippen LogP contribution in [0.25, 0.3) is 0 Å². The lowest BCUT2D eigenvalue weighted by atomic mass is 10.1. The zero-order valence-electron chi connectivity index (χ0n) is 14.4. The lowest BCUT2D eigenvalue weighted by molar-refractivity contribution is -0.384. The molecule has 0 spiro atoms. The predicted octanol–water partition coefficient (Wildman–Crippen LogP) is 1.81. The first-order valence-electron chi connectivity index (χ1n) is 7.91. The molecule has 2 rings (SSSR count). The number of carbonyl (C=O) groups is 3. The van der Waals surface area contributed by atoms with Gasteiger partial charge in [-0.3, -0.25) is 24.5 Å². The maximum Gasteiger partial charge on any atom is 0.325 e. The van der Waals surface area contributed by atoms with Crippen LogP contribution in [0.15, 0.2) is 48.5 Å². The molecule has 0 saturated carbocycles. The number of hydrogen-bond donors (Lipinski definition) is 2. The molecule has 0 aromatic heterocycles. The van der Waals surface area contributed by atoms with Crippen molar-refractivity contribution in [2.75, 3.05) is 18.5 Å². The number of anilines is 1. The summed E-state index contributed by atoms with van der Waals surface area (Å²) in [5.74, 6) is -1.99. The first-order chi connectivity index (χ1) is 12.9. The average molecular weight is 371 g/mol. The second-order valence-corrected chi connectivity index (χ2v) is 5.48. The fraction of sp³-hybridized carbons (Fsp3) is 0.167. The van der Waals surface area contributed by atoms with Crippen LogP contribution in [-0.2, 0) is 14.3 Å². The van der Waals surface area contributed by atoms with Gasteiger partial charge < -0.3 is 15.4 Å². The third-order valence-corrected chi connectivity index (χ3v) is 3.51. The number of para-hydroxylation sites is 1. The molecule has 2 N–H and O–H groups in total. The van der Waals surface area contributed by atoms with Crippen LogP contribution in [-0.4, -0.2) is 35.9 Å². The summed E-state index contributed by atoms with van der Waals surface area (Å²) in [4.78, 5) is 45.8. The van der Waals surface area contributed by atoms with Crippen LogP contribution in [0.1, 0.15) is 15.9 Å². The van der Waals surface area contributed by atoms with Crippen LogP contribution in [0.4, 0.5) is 11.4 Å². The largest absolute Gasteiger partial charge is 0.454 e. The minimum Gasteiger partial charge on any atom is -0.454 e. The minimum atomic E-state index is -0.811. The molecule has 0 saturated heterocycles. The van der Waals surface area contributed by atoms with Crippen LogP contribution in [0.3, 0.4) is 0 Å². The van der Waals surface area contributed by atoms with Gasteiger partial charge in [0.25, 0.3) is 17.5 Å². The normalized spacial score (nSPS) is 9.96. The molecule has 140 valence electrons. The molecule has 2 amide bonds. The highest BCUT2D eigenvalue weighted by Crippen LogP contribution is 2.27. The number of nitro groups is 1. The Morgan fingerprint density at radius 2 is 1.78 bits per heavy atom. The Bertz CT molecular complexity index is 867. The highest BCUT2D eigenvalue weighted by molar-refractivity contribution is 5.97. The van der Waals surface area contributed by atoms with Crippen molar-refractivity contribution < 1.29 is 24.0 Å². The van der Waals surface area contributed by atoms with E-state index in [1.54, 1.807) is 43.3 Å². The number of amides is 2. The fourth-order valence-corrected chi connectivity index (χ4v) is 2.18. The van der Waals surface area contributed by atoms with Crippen LogP contribution < -0.4 is 10.6 Å². The van der Waals surface area contributed by atoms with E-state index in [4.69, 9.17) is 4.74 Å². The first-order valence-corrected chi connectivity index (χ1v) is 7.91. The highest BCUT2D eigenvalue weighted by Gasteiger charge is 2.18. The number of carbonyl (C=O) groups excluding carboxylic acids is 3. The molecule has 0 aliphatic rings. The summed E-state index contributed by atoms with van der Waals surface area (Å²) in [5.41, 5.74) is 0.666. The summed E-state index contributed by atoms with van der Waals surface area (Å²) in [6, 6.07) is 12.7. The van der Waals surface area contributed by atoms with Gasteiger partial charge in [-0.05, 0) is 24.6 Å². The Hall–Kier alpha value is -3.75. The van der Waals surface area contributed by atoms with Crippen LogP contribution in [0.5, 0.6) is 0 Å². The quantitative estimate of drug-likeness (QED) is 0.434. The molecular formula is C18H17N3O6. The van der Waals surface area contributed by atoms with Gasteiger partial charge in [0.1, 0.15) is 12.2 Å². The highest BCUT2D eigenvalue weighted by atomic mass is 16.6. The maximum absolute atomic E-state index is 11.9. The van der Waals surface area contributed by atoms with Crippen LogP contribution >= 0.6 is 0 Å². The number of ether oxygens (including phenoxy) is 1. The van der Waals surface area contributed by atoms with E-state index < -0.39 is 35.9 Å². The smallest absolute Gasteiger partial charge is 0.325 e. The summed E-state index contributed by atoms with van der Waals surface area (Å²) in [6.07, 6.45) is 0. The minimum absolute atomic E-state index is 0.0425. The molecule has 9 nitrogen and oxygen atoms in total. The van der Waals surface area contributed by atoms with Gasteiger partial charge in [-0.25, -0.2) is 0 Å². The molecule has 9 heteroatoms. The number of benzene rings is 2. The second kappa shape index (κ2) is 9.09. The van der Waals surface area contributed by atoms with Crippen LogP contribution in [0.2, 0.25) is 0 Å². The monoisotopic (exact) mass is 371 g/mol. The van der Waals surface area contributed by atoms with E-state index in [-0.39, 0.29) is 11.4 Å². The summed E-state index contributed by atoms with van der Waals surface area (Å²) in [5, 5.41) is 15.7. The molecule has 0 fully saturated rings. The lowest BCUT2D eigenvalue weighted by Gasteiger charge is -2.09. The number of nitrogens with zero attached hydrogens (tertiary/aromatic N) is 1. The molecule has 0 radical (unpaired) electrons. The topological polar surface area (TPSA) is 128 Å². The van der Waals surface area contributed by atoms with E-state index in [0.29, 0.717) is 11.1 Å². The summed E-state index contributed by atoms with van der Waals surface area (Å²) in [6.45, 7) is 0.560. The Balaban J connectivity index is 1.83. The lowest BCUT2D eigenvalue weighted by Crippen LogP contribution is -2.32. The van der Waals surface area contributed by atoms with E-state index in [2.05, 4.69) is 10.6 Å².